The highest BCUT2D eigenvalue weighted by molar-refractivity contribution is 5.76. The molecular formula is C24H31NO3. The summed E-state index contributed by atoms with van der Waals surface area (Å²) in [7, 11) is 0. The molecular weight excluding hydrogens is 350 g/mol. The molecule has 2 atom stereocenters. The molecule has 0 bridgehead atoms. The fourth-order valence-corrected chi connectivity index (χ4v) is 3.86. The molecule has 0 spiro atoms. The molecule has 1 fully saturated rings. The lowest BCUT2D eigenvalue weighted by Gasteiger charge is -2.42. The van der Waals surface area contributed by atoms with Gasteiger partial charge in [0.2, 0.25) is 5.91 Å². The molecule has 4 heteroatoms. The number of nitrogens with zero attached hydrogens (tertiary/aromatic N) is 1. The van der Waals surface area contributed by atoms with E-state index in [4.69, 9.17) is 9.47 Å². The van der Waals surface area contributed by atoms with E-state index in [1.165, 1.54) is 0 Å². The SMILES string of the molecule is CCC(=O)N1[C@@H](COCc2ccccc2)CCC[C@@H]1COCc1ccccc1. The number of carbonyl (C=O) groups excluding carboxylic acids is 1. The van der Waals surface area contributed by atoms with Gasteiger partial charge in [0.15, 0.2) is 0 Å². The van der Waals surface area contributed by atoms with Crippen LogP contribution in [0.5, 0.6) is 0 Å². The van der Waals surface area contributed by atoms with Gasteiger partial charge in [0, 0.05) is 6.42 Å². The predicted molar refractivity (Wildman–Crippen MR) is 111 cm³/mol. The molecule has 1 aliphatic heterocycles. The van der Waals surface area contributed by atoms with Gasteiger partial charge in [0.1, 0.15) is 0 Å². The van der Waals surface area contributed by atoms with Crippen LogP contribution in [0.25, 0.3) is 0 Å². The van der Waals surface area contributed by atoms with Gasteiger partial charge in [0.05, 0.1) is 38.5 Å². The zero-order chi connectivity index (χ0) is 19.6. The molecule has 28 heavy (non-hydrogen) atoms. The molecule has 1 aliphatic rings. The number of piperidine rings is 1. The molecule has 3 rings (SSSR count). The number of hydrogen-bond donors (Lipinski definition) is 0. The van der Waals surface area contributed by atoms with Crippen molar-refractivity contribution in [3.05, 3.63) is 71.8 Å². The Hall–Kier alpha value is -2.17. The minimum Gasteiger partial charge on any atom is -0.375 e. The first-order chi connectivity index (χ1) is 13.8. The normalized spacial score (nSPS) is 19.5. The molecule has 0 saturated carbocycles. The number of benzene rings is 2. The van der Waals surface area contributed by atoms with Crippen molar-refractivity contribution < 1.29 is 14.3 Å². The van der Waals surface area contributed by atoms with Crippen LogP contribution in [0.2, 0.25) is 0 Å². The average molecular weight is 382 g/mol. The Balaban J connectivity index is 1.54. The third kappa shape index (κ3) is 5.91. The molecule has 1 saturated heterocycles. The van der Waals surface area contributed by atoms with E-state index in [-0.39, 0.29) is 18.0 Å². The smallest absolute Gasteiger partial charge is 0.222 e. The van der Waals surface area contributed by atoms with Crippen molar-refractivity contribution in [2.24, 2.45) is 0 Å². The van der Waals surface area contributed by atoms with Gasteiger partial charge < -0.3 is 14.4 Å². The van der Waals surface area contributed by atoms with Crippen LogP contribution >= 0.6 is 0 Å². The number of hydrogen-bond acceptors (Lipinski definition) is 3. The maximum atomic E-state index is 12.7. The van der Waals surface area contributed by atoms with Gasteiger partial charge in [-0.25, -0.2) is 0 Å². The highest BCUT2D eigenvalue weighted by atomic mass is 16.5. The molecule has 2 aromatic rings. The van der Waals surface area contributed by atoms with E-state index in [0.717, 1.165) is 30.4 Å². The first kappa shape index (κ1) is 20.6. The lowest BCUT2D eigenvalue weighted by molar-refractivity contribution is -0.142. The third-order valence-electron chi connectivity index (χ3n) is 5.30. The van der Waals surface area contributed by atoms with Gasteiger partial charge in [-0.3, -0.25) is 4.79 Å². The molecule has 0 radical (unpaired) electrons. The van der Waals surface area contributed by atoms with E-state index < -0.39 is 0 Å². The molecule has 150 valence electrons. The number of amides is 1. The summed E-state index contributed by atoms with van der Waals surface area (Å²) in [4.78, 5) is 14.7. The second kappa shape index (κ2) is 11.0. The summed E-state index contributed by atoms with van der Waals surface area (Å²) in [5.74, 6) is 0.196. The summed E-state index contributed by atoms with van der Waals surface area (Å²) >= 11 is 0. The molecule has 4 nitrogen and oxygen atoms in total. The topological polar surface area (TPSA) is 38.8 Å². The van der Waals surface area contributed by atoms with Crippen LogP contribution in [-0.4, -0.2) is 36.1 Å². The standard InChI is InChI=1S/C24H31NO3/c1-2-24(26)25-22(18-27-16-20-10-5-3-6-11-20)14-9-15-23(25)19-28-17-21-12-7-4-8-13-21/h3-8,10-13,22-23H,2,9,14-19H2,1H3/t22-,23-/m1/s1. The van der Waals surface area contributed by atoms with Crippen LogP contribution in [0.3, 0.4) is 0 Å². The highest BCUT2D eigenvalue weighted by Gasteiger charge is 2.33. The van der Waals surface area contributed by atoms with Crippen molar-refractivity contribution in [3.8, 4) is 0 Å². The van der Waals surface area contributed by atoms with Crippen molar-refractivity contribution in [1.29, 1.82) is 0 Å². The molecule has 0 N–H and O–H groups in total. The Kier molecular flexibility index (Phi) is 8.07. The lowest BCUT2D eigenvalue weighted by atomic mass is 9.95. The fraction of sp³-hybridized carbons (Fsp3) is 0.458. The molecule has 1 amide bonds. The Labute approximate surface area is 168 Å². The molecule has 0 aliphatic carbocycles. The minimum absolute atomic E-state index is 0.134. The van der Waals surface area contributed by atoms with Crippen molar-refractivity contribution in [1.82, 2.24) is 4.90 Å². The van der Waals surface area contributed by atoms with E-state index in [1.807, 2.05) is 48.2 Å². The van der Waals surface area contributed by atoms with Gasteiger partial charge in [0.25, 0.3) is 0 Å². The maximum absolute atomic E-state index is 12.7. The second-order valence-electron chi connectivity index (χ2n) is 7.39. The van der Waals surface area contributed by atoms with Crippen molar-refractivity contribution in [3.63, 3.8) is 0 Å². The number of rotatable bonds is 9. The van der Waals surface area contributed by atoms with Crippen molar-refractivity contribution >= 4 is 5.91 Å². The highest BCUT2D eigenvalue weighted by Crippen LogP contribution is 2.25. The summed E-state index contributed by atoms with van der Waals surface area (Å²) in [5, 5.41) is 0. The summed E-state index contributed by atoms with van der Waals surface area (Å²) in [5.41, 5.74) is 2.32. The van der Waals surface area contributed by atoms with Crippen LogP contribution in [0.15, 0.2) is 60.7 Å². The predicted octanol–water partition coefficient (Wildman–Crippen LogP) is 4.58. The summed E-state index contributed by atoms with van der Waals surface area (Å²) in [6, 6.07) is 20.6. The van der Waals surface area contributed by atoms with Crippen LogP contribution in [-0.2, 0) is 27.5 Å². The van der Waals surface area contributed by atoms with Gasteiger partial charge >= 0.3 is 0 Å². The van der Waals surface area contributed by atoms with Gasteiger partial charge in [-0.1, -0.05) is 67.6 Å². The van der Waals surface area contributed by atoms with E-state index in [1.54, 1.807) is 0 Å². The molecule has 0 unspecified atom stereocenters. The Bertz CT molecular complexity index is 651. The van der Waals surface area contributed by atoms with Crippen molar-refractivity contribution in [2.75, 3.05) is 13.2 Å². The van der Waals surface area contributed by atoms with Crippen LogP contribution in [0, 0.1) is 0 Å². The quantitative estimate of drug-likeness (QED) is 0.638. The van der Waals surface area contributed by atoms with Gasteiger partial charge in [-0.15, -0.1) is 0 Å². The zero-order valence-electron chi connectivity index (χ0n) is 16.8. The van der Waals surface area contributed by atoms with Crippen molar-refractivity contribution in [2.45, 2.75) is 57.9 Å². The largest absolute Gasteiger partial charge is 0.375 e. The lowest BCUT2D eigenvalue weighted by Crippen LogP contribution is -2.53. The monoisotopic (exact) mass is 381 g/mol. The third-order valence-corrected chi connectivity index (χ3v) is 5.30. The maximum Gasteiger partial charge on any atom is 0.222 e. The van der Waals surface area contributed by atoms with Crippen LogP contribution in [0.4, 0.5) is 0 Å². The second-order valence-corrected chi connectivity index (χ2v) is 7.39. The Morgan fingerprint density at radius 2 is 1.32 bits per heavy atom. The molecule has 1 heterocycles. The number of likely N-dealkylation sites (tertiary alicyclic amines) is 1. The van der Waals surface area contributed by atoms with Crippen LogP contribution in [0.1, 0.15) is 43.7 Å². The van der Waals surface area contributed by atoms with Gasteiger partial charge in [-0.05, 0) is 30.4 Å². The van der Waals surface area contributed by atoms with Gasteiger partial charge in [-0.2, -0.15) is 0 Å². The van der Waals surface area contributed by atoms with E-state index in [0.29, 0.717) is 32.8 Å². The summed E-state index contributed by atoms with van der Waals surface area (Å²) in [6.07, 6.45) is 3.61. The summed E-state index contributed by atoms with van der Waals surface area (Å²) < 4.78 is 11.9. The molecule has 2 aromatic carbocycles. The fourth-order valence-electron chi connectivity index (χ4n) is 3.86. The first-order valence-corrected chi connectivity index (χ1v) is 10.3. The van der Waals surface area contributed by atoms with E-state index in [9.17, 15) is 4.79 Å². The zero-order valence-corrected chi connectivity index (χ0v) is 16.8. The average Bonchev–Trinajstić information content (AvgIpc) is 2.75. The van der Waals surface area contributed by atoms with Crippen LogP contribution < -0.4 is 0 Å². The van der Waals surface area contributed by atoms with E-state index in [2.05, 4.69) is 24.3 Å². The first-order valence-electron chi connectivity index (χ1n) is 10.3. The Morgan fingerprint density at radius 1 is 0.857 bits per heavy atom. The number of carbonyl (C=O) groups is 1. The number of ether oxygens (including phenoxy) is 2. The summed E-state index contributed by atoms with van der Waals surface area (Å²) in [6.45, 7) is 4.26. The molecule has 0 aromatic heterocycles. The minimum atomic E-state index is 0.134. The Morgan fingerprint density at radius 3 is 1.75 bits per heavy atom. The van der Waals surface area contributed by atoms with E-state index >= 15 is 0 Å².